The van der Waals surface area contributed by atoms with Crippen molar-refractivity contribution in [3.05, 3.63) is 53.9 Å². The maximum atomic E-state index is 4.83. The van der Waals surface area contributed by atoms with E-state index in [9.17, 15) is 0 Å². The maximum Gasteiger partial charge on any atom is 0.160 e. The molecule has 4 rings (SSSR count). The highest BCUT2D eigenvalue weighted by Gasteiger charge is 2.20. The smallest absolute Gasteiger partial charge is 0.160 e. The van der Waals surface area contributed by atoms with Crippen LogP contribution in [0.4, 0.5) is 0 Å². The average molecular weight is 291 g/mol. The number of hydrogen-bond donors (Lipinski definition) is 1. The number of nitrogens with one attached hydrogen (secondary N) is 1. The predicted octanol–water partition coefficient (Wildman–Crippen LogP) is 2.19. The van der Waals surface area contributed by atoms with E-state index in [-0.39, 0.29) is 0 Å². The van der Waals surface area contributed by atoms with Crippen molar-refractivity contribution < 1.29 is 0 Å². The molecule has 0 saturated carbocycles. The first kappa shape index (κ1) is 13.2. The molecule has 1 aliphatic rings. The van der Waals surface area contributed by atoms with Crippen LogP contribution in [0.5, 0.6) is 0 Å². The Kier molecular flexibility index (Phi) is 3.20. The largest absolute Gasteiger partial charge is 0.311 e. The number of fused-ring (bicyclic) bond motifs is 1. The molecule has 1 aromatic carbocycles. The molecule has 5 nitrogen and oxygen atoms in total. The summed E-state index contributed by atoms with van der Waals surface area (Å²) in [7, 11) is 1.93. The van der Waals surface area contributed by atoms with E-state index in [1.165, 1.54) is 5.56 Å². The number of nitrogens with zero attached hydrogens (tertiary/aromatic N) is 4. The lowest BCUT2D eigenvalue weighted by Gasteiger charge is -2.19. The molecule has 0 saturated heterocycles. The molecule has 1 N–H and O–H groups in total. The standard InChI is InChI=1S/C17H17N5/c1-22-10-8-14(21-22)16-13-7-9-18-11-15(13)19-17(20-16)12-5-3-2-4-6-12/h2-6,8,10,18H,7,9,11H2,1H3. The summed E-state index contributed by atoms with van der Waals surface area (Å²) in [6.45, 7) is 1.75. The van der Waals surface area contributed by atoms with Crippen LogP contribution in [0.25, 0.3) is 22.8 Å². The van der Waals surface area contributed by atoms with Crippen molar-refractivity contribution in [3.8, 4) is 22.8 Å². The van der Waals surface area contributed by atoms with Crippen LogP contribution in [-0.4, -0.2) is 26.3 Å². The fraction of sp³-hybridized carbons (Fsp3) is 0.235. The van der Waals surface area contributed by atoms with E-state index in [1.807, 2.05) is 54.3 Å². The molecule has 3 heterocycles. The first-order chi connectivity index (χ1) is 10.8. The number of hydrogen-bond acceptors (Lipinski definition) is 4. The van der Waals surface area contributed by atoms with Crippen LogP contribution in [0.3, 0.4) is 0 Å². The Morgan fingerprint density at radius 1 is 1.09 bits per heavy atom. The highest BCUT2D eigenvalue weighted by Crippen LogP contribution is 2.27. The topological polar surface area (TPSA) is 55.6 Å². The molecule has 110 valence electrons. The third-order valence-corrected chi connectivity index (χ3v) is 3.93. The summed E-state index contributed by atoms with van der Waals surface area (Å²) < 4.78 is 1.81. The molecular formula is C17H17N5. The number of aromatic nitrogens is 4. The summed E-state index contributed by atoms with van der Waals surface area (Å²) in [6, 6.07) is 12.1. The molecule has 0 aliphatic carbocycles. The number of benzene rings is 1. The van der Waals surface area contributed by atoms with Crippen LogP contribution in [-0.2, 0) is 20.0 Å². The molecule has 2 aromatic heterocycles. The van der Waals surface area contributed by atoms with Gasteiger partial charge in [0.25, 0.3) is 0 Å². The van der Waals surface area contributed by atoms with Gasteiger partial charge in [0, 0.05) is 30.9 Å². The normalized spacial score (nSPS) is 13.9. The van der Waals surface area contributed by atoms with Gasteiger partial charge in [-0.2, -0.15) is 5.10 Å². The molecular weight excluding hydrogens is 274 g/mol. The third-order valence-electron chi connectivity index (χ3n) is 3.93. The van der Waals surface area contributed by atoms with Gasteiger partial charge in [0.1, 0.15) is 5.69 Å². The monoisotopic (exact) mass is 291 g/mol. The second-order valence-electron chi connectivity index (χ2n) is 5.49. The molecule has 3 aromatic rings. The molecule has 0 unspecified atom stereocenters. The zero-order valence-electron chi connectivity index (χ0n) is 12.5. The van der Waals surface area contributed by atoms with Crippen molar-refractivity contribution in [1.29, 1.82) is 0 Å². The van der Waals surface area contributed by atoms with E-state index in [1.54, 1.807) is 0 Å². The van der Waals surface area contributed by atoms with Gasteiger partial charge < -0.3 is 5.32 Å². The van der Waals surface area contributed by atoms with Crippen molar-refractivity contribution in [2.75, 3.05) is 6.54 Å². The van der Waals surface area contributed by atoms with Crippen LogP contribution in [0, 0.1) is 0 Å². The van der Waals surface area contributed by atoms with Crippen molar-refractivity contribution in [2.45, 2.75) is 13.0 Å². The van der Waals surface area contributed by atoms with E-state index in [2.05, 4.69) is 10.4 Å². The molecule has 0 radical (unpaired) electrons. The van der Waals surface area contributed by atoms with Gasteiger partial charge in [-0.25, -0.2) is 9.97 Å². The van der Waals surface area contributed by atoms with Gasteiger partial charge in [0.05, 0.1) is 11.4 Å². The van der Waals surface area contributed by atoms with Gasteiger partial charge in [0.15, 0.2) is 5.82 Å². The van der Waals surface area contributed by atoms with Gasteiger partial charge in [-0.05, 0) is 19.0 Å². The van der Waals surface area contributed by atoms with Gasteiger partial charge >= 0.3 is 0 Å². The molecule has 0 bridgehead atoms. The Hall–Kier alpha value is -2.53. The van der Waals surface area contributed by atoms with Crippen LogP contribution in [0.2, 0.25) is 0 Å². The Bertz CT molecular complexity index is 807. The highest BCUT2D eigenvalue weighted by atomic mass is 15.3. The van der Waals surface area contributed by atoms with E-state index in [0.29, 0.717) is 0 Å². The predicted molar refractivity (Wildman–Crippen MR) is 85.1 cm³/mol. The molecule has 0 fully saturated rings. The van der Waals surface area contributed by atoms with Crippen molar-refractivity contribution >= 4 is 0 Å². The summed E-state index contributed by atoms with van der Waals surface area (Å²) in [6.07, 6.45) is 2.89. The molecule has 1 aliphatic heterocycles. The summed E-state index contributed by atoms with van der Waals surface area (Å²) in [5, 5.41) is 7.92. The number of aryl methyl sites for hydroxylation is 1. The van der Waals surface area contributed by atoms with Crippen LogP contribution >= 0.6 is 0 Å². The molecule has 22 heavy (non-hydrogen) atoms. The molecule has 0 spiro atoms. The molecule has 0 atom stereocenters. The quantitative estimate of drug-likeness (QED) is 0.786. The Morgan fingerprint density at radius 3 is 2.73 bits per heavy atom. The lowest BCUT2D eigenvalue weighted by atomic mass is 10.0. The summed E-state index contributed by atoms with van der Waals surface area (Å²) >= 11 is 0. The summed E-state index contributed by atoms with van der Waals surface area (Å²) in [5.41, 5.74) is 5.22. The van der Waals surface area contributed by atoms with Crippen LogP contribution in [0.1, 0.15) is 11.3 Å². The zero-order valence-corrected chi connectivity index (χ0v) is 12.5. The van der Waals surface area contributed by atoms with Crippen molar-refractivity contribution in [2.24, 2.45) is 7.05 Å². The fourth-order valence-electron chi connectivity index (χ4n) is 2.83. The van der Waals surface area contributed by atoms with E-state index >= 15 is 0 Å². The summed E-state index contributed by atoms with van der Waals surface area (Å²) in [5.74, 6) is 0.767. The second kappa shape index (κ2) is 5.35. The van der Waals surface area contributed by atoms with Gasteiger partial charge in [-0.15, -0.1) is 0 Å². The van der Waals surface area contributed by atoms with Crippen molar-refractivity contribution in [3.63, 3.8) is 0 Å². The lowest BCUT2D eigenvalue weighted by Crippen LogP contribution is -2.26. The molecule has 0 amide bonds. The summed E-state index contributed by atoms with van der Waals surface area (Å²) in [4.78, 5) is 9.59. The van der Waals surface area contributed by atoms with Crippen LogP contribution < -0.4 is 5.32 Å². The minimum absolute atomic E-state index is 0.767. The van der Waals surface area contributed by atoms with E-state index in [4.69, 9.17) is 9.97 Å². The SMILES string of the molecule is Cn1ccc(-c2nc(-c3ccccc3)nc3c2CCNC3)n1. The van der Waals surface area contributed by atoms with Gasteiger partial charge in [0.2, 0.25) is 0 Å². The Morgan fingerprint density at radius 2 is 1.95 bits per heavy atom. The van der Waals surface area contributed by atoms with Crippen molar-refractivity contribution in [1.82, 2.24) is 25.1 Å². The highest BCUT2D eigenvalue weighted by molar-refractivity contribution is 5.65. The zero-order chi connectivity index (χ0) is 14.9. The second-order valence-corrected chi connectivity index (χ2v) is 5.49. The van der Waals surface area contributed by atoms with Gasteiger partial charge in [-0.1, -0.05) is 30.3 Å². The maximum absolute atomic E-state index is 4.83. The average Bonchev–Trinajstić information content (AvgIpc) is 3.01. The first-order valence-corrected chi connectivity index (χ1v) is 7.47. The first-order valence-electron chi connectivity index (χ1n) is 7.47. The Labute approximate surface area is 129 Å². The minimum Gasteiger partial charge on any atom is -0.311 e. The van der Waals surface area contributed by atoms with E-state index < -0.39 is 0 Å². The fourth-order valence-corrected chi connectivity index (χ4v) is 2.83. The number of rotatable bonds is 2. The minimum atomic E-state index is 0.767. The Balaban J connectivity index is 1.92. The van der Waals surface area contributed by atoms with E-state index in [0.717, 1.165) is 48.0 Å². The van der Waals surface area contributed by atoms with Crippen LogP contribution in [0.15, 0.2) is 42.6 Å². The molecule has 5 heteroatoms. The lowest BCUT2D eigenvalue weighted by molar-refractivity contribution is 0.625. The third kappa shape index (κ3) is 2.29. The van der Waals surface area contributed by atoms with Gasteiger partial charge in [-0.3, -0.25) is 4.68 Å².